The third kappa shape index (κ3) is 3.48. The van der Waals surface area contributed by atoms with Gasteiger partial charge in [0, 0.05) is 0 Å². The number of rotatable bonds is 5. The minimum atomic E-state index is 0.0473. The molecule has 0 saturated carbocycles. The average molecular weight is 256 g/mol. The lowest BCUT2D eigenvalue weighted by Gasteiger charge is -2.28. The van der Waals surface area contributed by atoms with Crippen molar-refractivity contribution < 1.29 is 4.74 Å². The van der Waals surface area contributed by atoms with Crippen LogP contribution < -0.4 is 4.74 Å². The highest BCUT2D eigenvalue weighted by Crippen LogP contribution is 2.27. The van der Waals surface area contributed by atoms with Crippen molar-refractivity contribution in [3.8, 4) is 17.9 Å². The Bertz CT molecular complexity index is 508. The van der Waals surface area contributed by atoms with Gasteiger partial charge in [0.2, 0.25) is 0 Å². The van der Waals surface area contributed by atoms with E-state index in [2.05, 4.69) is 33.8 Å². The van der Waals surface area contributed by atoms with E-state index in [-0.39, 0.29) is 6.10 Å². The van der Waals surface area contributed by atoms with Crippen molar-refractivity contribution in [1.29, 1.82) is 10.5 Å². The van der Waals surface area contributed by atoms with Crippen molar-refractivity contribution in [2.75, 3.05) is 0 Å². The SMILES string of the molecule is CCC(C)C(Oc1cccc(C#N)c1C#N)C(C)C. The lowest BCUT2D eigenvalue weighted by Crippen LogP contribution is -2.30. The summed E-state index contributed by atoms with van der Waals surface area (Å²) in [5.74, 6) is 1.27. The van der Waals surface area contributed by atoms with Gasteiger partial charge < -0.3 is 4.74 Å². The number of ether oxygens (including phenoxy) is 1. The highest BCUT2D eigenvalue weighted by Gasteiger charge is 2.23. The second-order valence-corrected chi connectivity index (χ2v) is 5.11. The highest BCUT2D eigenvalue weighted by atomic mass is 16.5. The summed E-state index contributed by atoms with van der Waals surface area (Å²) in [5, 5.41) is 18.2. The molecule has 0 N–H and O–H groups in total. The number of nitriles is 2. The molecule has 0 saturated heterocycles. The number of hydrogen-bond acceptors (Lipinski definition) is 3. The molecule has 100 valence electrons. The fourth-order valence-electron chi connectivity index (χ4n) is 2.13. The summed E-state index contributed by atoms with van der Waals surface area (Å²) >= 11 is 0. The lowest BCUT2D eigenvalue weighted by atomic mass is 9.92. The zero-order chi connectivity index (χ0) is 14.4. The molecule has 0 aromatic heterocycles. The molecule has 0 spiro atoms. The Morgan fingerprint density at radius 3 is 2.32 bits per heavy atom. The van der Waals surface area contributed by atoms with E-state index >= 15 is 0 Å². The Hall–Kier alpha value is -2.00. The number of nitrogens with zero attached hydrogens (tertiary/aromatic N) is 2. The van der Waals surface area contributed by atoms with Crippen LogP contribution in [0.3, 0.4) is 0 Å². The minimum Gasteiger partial charge on any atom is -0.488 e. The zero-order valence-electron chi connectivity index (χ0n) is 12.0. The van der Waals surface area contributed by atoms with Crippen LogP contribution in [0.1, 0.15) is 45.2 Å². The molecule has 0 aliphatic heterocycles. The van der Waals surface area contributed by atoms with Crippen LogP contribution in [-0.2, 0) is 0 Å². The first kappa shape index (κ1) is 15.1. The molecule has 0 aliphatic carbocycles. The third-order valence-electron chi connectivity index (χ3n) is 3.38. The molecule has 0 aliphatic rings. The van der Waals surface area contributed by atoms with E-state index in [1.165, 1.54) is 0 Å². The van der Waals surface area contributed by atoms with Crippen molar-refractivity contribution in [3.05, 3.63) is 29.3 Å². The predicted molar refractivity (Wildman–Crippen MR) is 74.6 cm³/mol. The van der Waals surface area contributed by atoms with Crippen LogP contribution in [0.4, 0.5) is 0 Å². The molecular formula is C16H20N2O. The van der Waals surface area contributed by atoms with Crippen molar-refractivity contribution in [3.63, 3.8) is 0 Å². The fourth-order valence-corrected chi connectivity index (χ4v) is 2.13. The molecule has 0 bridgehead atoms. The predicted octanol–water partition coefficient (Wildman–Crippen LogP) is 3.88. The standard InChI is InChI=1S/C16H20N2O/c1-5-12(4)16(11(2)3)19-15-8-6-7-13(9-17)14(15)10-18/h6-8,11-12,16H,5H2,1-4H3. The molecule has 1 aromatic rings. The maximum Gasteiger partial charge on any atom is 0.138 e. The van der Waals surface area contributed by atoms with Crippen LogP contribution in [0.2, 0.25) is 0 Å². The molecule has 0 amide bonds. The molecule has 1 aromatic carbocycles. The van der Waals surface area contributed by atoms with E-state index in [1.807, 2.05) is 6.07 Å². The Labute approximate surface area is 115 Å². The Morgan fingerprint density at radius 2 is 1.84 bits per heavy atom. The van der Waals surface area contributed by atoms with Gasteiger partial charge in [-0.2, -0.15) is 10.5 Å². The van der Waals surface area contributed by atoms with Crippen LogP contribution in [0.25, 0.3) is 0 Å². The van der Waals surface area contributed by atoms with Crippen LogP contribution in [0.5, 0.6) is 5.75 Å². The fraction of sp³-hybridized carbons (Fsp3) is 0.500. The Morgan fingerprint density at radius 1 is 1.16 bits per heavy atom. The van der Waals surface area contributed by atoms with E-state index in [9.17, 15) is 5.26 Å². The topological polar surface area (TPSA) is 56.8 Å². The summed E-state index contributed by atoms with van der Waals surface area (Å²) in [6.07, 6.45) is 1.06. The zero-order valence-corrected chi connectivity index (χ0v) is 12.0. The van der Waals surface area contributed by atoms with Gasteiger partial charge in [-0.3, -0.25) is 0 Å². The van der Waals surface area contributed by atoms with Crippen LogP contribution in [0.15, 0.2) is 18.2 Å². The number of benzene rings is 1. The van der Waals surface area contributed by atoms with Gasteiger partial charge in [0.25, 0.3) is 0 Å². The van der Waals surface area contributed by atoms with Gasteiger partial charge in [-0.05, 0) is 24.0 Å². The largest absolute Gasteiger partial charge is 0.488 e. The Kier molecular flexibility index (Phi) is 5.39. The van der Waals surface area contributed by atoms with E-state index in [0.717, 1.165) is 6.42 Å². The van der Waals surface area contributed by atoms with Crippen molar-refractivity contribution in [1.82, 2.24) is 0 Å². The van der Waals surface area contributed by atoms with Crippen LogP contribution in [-0.4, -0.2) is 6.10 Å². The van der Waals surface area contributed by atoms with Crippen LogP contribution in [0, 0.1) is 34.5 Å². The smallest absolute Gasteiger partial charge is 0.138 e. The molecule has 2 atom stereocenters. The first-order valence-corrected chi connectivity index (χ1v) is 6.65. The molecule has 3 nitrogen and oxygen atoms in total. The van der Waals surface area contributed by atoms with E-state index in [1.54, 1.807) is 18.2 Å². The summed E-state index contributed by atoms with van der Waals surface area (Å²) in [4.78, 5) is 0. The molecule has 3 heteroatoms. The summed E-state index contributed by atoms with van der Waals surface area (Å²) in [6, 6.07) is 9.25. The molecule has 0 radical (unpaired) electrons. The summed E-state index contributed by atoms with van der Waals surface area (Å²) in [7, 11) is 0. The molecule has 0 heterocycles. The molecule has 2 unspecified atom stereocenters. The van der Waals surface area contributed by atoms with Gasteiger partial charge in [0.1, 0.15) is 29.6 Å². The molecule has 0 fully saturated rings. The van der Waals surface area contributed by atoms with Gasteiger partial charge in [-0.1, -0.05) is 40.2 Å². The quantitative estimate of drug-likeness (QED) is 0.803. The van der Waals surface area contributed by atoms with Crippen LogP contribution >= 0.6 is 0 Å². The third-order valence-corrected chi connectivity index (χ3v) is 3.38. The molecular weight excluding hydrogens is 236 g/mol. The number of hydrogen-bond donors (Lipinski definition) is 0. The first-order chi connectivity index (χ1) is 9.04. The van der Waals surface area contributed by atoms with Gasteiger partial charge in [0.15, 0.2) is 0 Å². The second kappa shape index (κ2) is 6.81. The second-order valence-electron chi connectivity index (χ2n) is 5.11. The normalized spacial score (nSPS) is 13.4. The highest BCUT2D eigenvalue weighted by molar-refractivity contribution is 5.53. The van der Waals surface area contributed by atoms with E-state index in [0.29, 0.717) is 28.7 Å². The van der Waals surface area contributed by atoms with Crippen molar-refractivity contribution in [2.45, 2.75) is 40.2 Å². The summed E-state index contributed by atoms with van der Waals surface area (Å²) in [6.45, 7) is 8.49. The minimum absolute atomic E-state index is 0.0473. The van der Waals surface area contributed by atoms with Crippen molar-refractivity contribution in [2.24, 2.45) is 11.8 Å². The summed E-state index contributed by atoms with van der Waals surface area (Å²) in [5.41, 5.74) is 0.700. The van der Waals surface area contributed by atoms with Crippen molar-refractivity contribution >= 4 is 0 Å². The van der Waals surface area contributed by atoms with Gasteiger partial charge in [-0.15, -0.1) is 0 Å². The maximum atomic E-state index is 9.20. The maximum absolute atomic E-state index is 9.20. The lowest BCUT2D eigenvalue weighted by molar-refractivity contribution is 0.0946. The van der Waals surface area contributed by atoms with Gasteiger partial charge in [-0.25, -0.2) is 0 Å². The first-order valence-electron chi connectivity index (χ1n) is 6.65. The van der Waals surface area contributed by atoms with E-state index in [4.69, 9.17) is 10.00 Å². The van der Waals surface area contributed by atoms with Gasteiger partial charge in [0.05, 0.1) is 5.56 Å². The Balaban J connectivity index is 3.11. The van der Waals surface area contributed by atoms with E-state index < -0.39 is 0 Å². The molecule has 1 rings (SSSR count). The van der Waals surface area contributed by atoms with Gasteiger partial charge >= 0.3 is 0 Å². The monoisotopic (exact) mass is 256 g/mol. The average Bonchev–Trinajstić information content (AvgIpc) is 2.42. The summed E-state index contributed by atoms with van der Waals surface area (Å²) < 4.78 is 6.02. The molecule has 19 heavy (non-hydrogen) atoms.